The van der Waals surface area contributed by atoms with Crippen LogP contribution in [0.5, 0.6) is 0 Å². The Morgan fingerprint density at radius 3 is 2.69 bits per heavy atom. The lowest BCUT2D eigenvalue weighted by molar-refractivity contribution is -0.113. The Kier molecular flexibility index (Phi) is 5.58. The number of thioether (sulfide) groups is 1. The monoisotopic (exact) mass is 387 g/mol. The second kappa shape index (κ2) is 7.88. The third-order valence-electron chi connectivity index (χ3n) is 3.81. The van der Waals surface area contributed by atoms with Crippen LogP contribution in [0, 0.1) is 20.8 Å². The van der Waals surface area contributed by atoms with Crippen molar-refractivity contribution in [3.63, 3.8) is 0 Å². The number of halogens is 1. The first kappa shape index (κ1) is 18.4. The van der Waals surface area contributed by atoms with E-state index in [0.29, 0.717) is 15.9 Å². The van der Waals surface area contributed by atoms with Gasteiger partial charge >= 0.3 is 0 Å². The minimum Gasteiger partial charge on any atom is -0.325 e. The molecule has 0 aliphatic carbocycles. The summed E-state index contributed by atoms with van der Waals surface area (Å²) < 4.78 is 1.65. The van der Waals surface area contributed by atoms with Crippen molar-refractivity contribution in [1.82, 2.24) is 20.2 Å². The highest BCUT2D eigenvalue weighted by atomic mass is 35.5. The van der Waals surface area contributed by atoms with Gasteiger partial charge in [0.15, 0.2) is 0 Å². The van der Waals surface area contributed by atoms with Crippen molar-refractivity contribution in [3.8, 4) is 5.69 Å². The van der Waals surface area contributed by atoms with E-state index in [9.17, 15) is 4.79 Å². The lowest BCUT2D eigenvalue weighted by Crippen LogP contribution is -2.14. The average Bonchev–Trinajstić information content (AvgIpc) is 3.05. The highest BCUT2D eigenvalue weighted by Gasteiger charge is 2.13. The molecule has 0 unspecified atom stereocenters. The van der Waals surface area contributed by atoms with Gasteiger partial charge in [-0.15, -0.1) is 5.10 Å². The summed E-state index contributed by atoms with van der Waals surface area (Å²) in [4.78, 5) is 12.2. The quantitative estimate of drug-likeness (QED) is 0.670. The van der Waals surface area contributed by atoms with Crippen molar-refractivity contribution in [1.29, 1.82) is 0 Å². The molecule has 1 aromatic heterocycles. The third-order valence-corrected chi connectivity index (χ3v) is 5.14. The first-order valence-corrected chi connectivity index (χ1v) is 9.35. The Morgan fingerprint density at radius 1 is 1.15 bits per heavy atom. The van der Waals surface area contributed by atoms with Crippen LogP contribution in [-0.4, -0.2) is 31.9 Å². The molecule has 1 N–H and O–H groups in total. The molecule has 0 atom stereocenters. The molecule has 134 valence electrons. The van der Waals surface area contributed by atoms with E-state index in [-0.39, 0.29) is 11.7 Å². The molecule has 0 saturated heterocycles. The maximum Gasteiger partial charge on any atom is 0.234 e. The van der Waals surface area contributed by atoms with E-state index in [1.54, 1.807) is 10.7 Å². The molecule has 0 spiro atoms. The number of nitrogens with one attached hydrogen (secondary N) is 1. The van der Waals surface area contributed by atoms with Crippen LogP contribution in [0.15, 0.2) is 41.6 Å². The van der Waals surface area contributed by atoms with E-state index in [1.807, 2.05) is 45.0 Å². The number of rotatable bonds is 5. The number of aryl methyl sites for hydroxylation is 3. The van der Waals surface area contributed by atoms with Crippen molar-refractivity contribution < 1.29 is 4.79 Å². The van der Waals surface area contributed by atoms with Crippen LogP contribution in [0.2, 0.25) is 5.02 Å². The summed E-state index contributed by atoms with van der Waals surface area (Å²) >= 11 is 7.36. The molecule has 8 heteroatoms. The molecule has 3 rings (SSSR count). The number of aromatic nitrogens is 4. The molecular formula is C18H18ClN5OS. The fourth-order valence-electron chi connectivity index (χ4n) is 2.46. The fourth-order valence-corrected chi connectivity index (χ4v) is 3.33. The number of anilines is 1. The molecule has 3 aromatic rings. The predicted molar refractivity (Wildman–Crippen MR) is 104 cm³/mol. The maximum atomic E-state index is 12.2. The van der Waals surface area contributed by atoms with Crippen molar-refractivity contribution >= 4 is 35.0 Å². The van der Waals surface area contributed by atoms with Gasteiger partial charge in [-0.25, -0.2) is 0 Å². The minimum absolute atomic E-state index is 0.148. The molecule has 0 bridgehead atoms. The third kappa shape index (κ3) is 4.23. The van der Waals surface area contributed by atoms with Gasteiger partial charge in [0.2, 0.25) is 11.1 Å². The van der Waals surface area contributed by atoms with E-state index in [4.69, 9.17) is 11.6 Å². The fraction of sp³-hybridized carbons (Fsp3) is 0.222. The van der Waals surface area contributed by atoms with Crippen molar-refractivity contribution in [3.05, 3.63) is 58.1 Å². The number of nitrogens with zero attached hydrogens (tertiary/aromatic N) is 4. The Balaban J connectivity index is 1.68. The summed E-state index contributed by atoms with van der Waals surface area (Å²) in [7, 11) is 0. The number of amides is 1. The average molecular weight is 388 g/mol. The topological polar surface area (TPSA) is 72.7 Å². The molecule has 0 fully saturated rings. The second-order valence-electron chi connectivity index (χ2n) is 5.96. The normalized spacial score (nSPS) is 10.8. The summed E-state index contributed by atoms with van der Waals surface area (Å²) in [5.41, 5.74) is 4.77. The number of carbonyl (C=O) groups excluding carboxylic acids is 1. The molecule has 0 aliphatic rings. The Labute approximate surface area is 160 Å². The van der Waals surface area contributed by atoms with E-state index >= 15 is 0 Å². The number of hydrogen-bond acceptors (Lipinski definition) is 5. The molecule has 1 heterocycles. The van der Waals surface area contributed by atoms with Gasteiger partial charge < -0.3 is 5.32 Å². The molecule has 26 heavy (non-hydrogen) atoms. The zero-order valence-corrected chi connectivity index (χ0v) is 16.2. The van der Waals surface area contributed by atoms with Gasteiger partial charge in [0.05, 0.1) is 11.4 Å². The van der Waals surface area contributed by atoms with Gasteiger partial charge in [0.1, 0.15) is 0 Å². The van der Waals surface area contributed by atoms with Crippen LogP contribution in [0.4, 0.5) is 5.69 Å². The highest BCUT2D eigenvalue weighted by Crippen LogP contribution is 2.23. The van der Waals surface area contributed by atoms with Crippen molar-refractivity contribution in [2.45, 2.75) is 25.9 Å². The Morgan fingerprint density at radius 2 is 1.96 bits per heavy atom. The van der Waals surface area contributed by atoms with Gasteiger partial charge in [-0.3, -0.25) is 4.79 Å². The van der Waals surface area contributed by atoms with E-state index < -0.39 is 0 Å². The maximum absolute atomic E-state index is 12.2. The summed E-state index contributed by atoms with van der Waals surface area (Å²) in [6.07, 6.45) is 0. The number of carbonyl (C=O) groups is 1. The highest BCUT2D eigenvalue weighted by molar-refractivity contribution is 7.99. The summed E-state index contributed by atoms with van der Waals surface area (Å²) in [6.45, 7) is 5.96. The molecule has 2 aromatic carbocycles. The van der Waals surface area contributed by atoms with Crippen LogP contribution in [0.3, 0.4) is 0 Å². The first-order chi connectivity index (χ1) is 12.4. The van der Waals surface area contributed by atoms with Gasteiger partial charge in [-0.2, -0.15) is 4.68 Å². The Bertz CT molecular complexity index is 957. The van der Waals surface area contributed by atoms with Gasteiger partial charge in [0, 0.05) is 10.7 Å². The first-order valence-electron chi connectivity index (χ1n) is 7.99. The number of tetrazole rings is 1. The van der Waals surface area contributed by atoms with Crippen molar-refractivity contribution in [2.75, 3.05) is 11.1 Å². The molecule has 0 aliphatic heterocycles. The molecule has 0 radical (unpaired) electrons. The second-order valence-corrected chi connectivity index (χ2v) is 7.31. The van der Waals surface area contributed by atoms with Gasteiger partial charge in [-0.05, 0) is 60.5 Å². The SMILES string of the molecule is Cc1ccc(-n2nnnc2SCC(=O)Nc2ccc(C)c(Cl)c2)c(C)c1. The minimum atomic E-state index is -0.148. The van der Waals surface area contributed by atoms with Gasteiger partial charge in [0.25, 0.3) is 0 Å². The summed E-state index contributed by atoms with van der Waals surface area (Å²) in [5, 5.41) is 15.8. The molecule has 6 nitrogen and oxygen atoms in total. The zero-order valence-electron chi connectivity index (χ0n) is 14.7. The van der Waals surface area contributed by atoms with Crippen molar-refractivity contribution in [2.24, 2.45) is 0 Å². The molecule has 1 amide bonds. The zero-order chi connectivity index (χ0) is 18.7. The van der Waals surface area contributed by atoms with Crippen LogP contribution in [0.1, 0.15) is 16.7 Å². The van der Waals surface area contributed by atoms with Crippen LogP contribution in [-0.2, 0) is 4.79 Å². The lowest BCUT2D eigenvalue weighted by Gasteiger charge is -2.09. The number of benzene rings is 2. The predicted octanol–water partition coefficient (Wildman–Crippen LogP) is 3.97. The van der Waals surface area contributed by atoms with Crippen LogP contribution >= 0.6 is 23.4 Å². The van der Waals surface area contributed by atoms with E-state index in [2.05, 4.69) is 26.9 Å². The summed E-state index contributed by atoms with van der Waals surface area (Å²) in [6, 6.07) is 11.5. The van der Waals surface area contributed by atoms with E-state index in [0.717, 1.165) is 16.8 Å². The van der Waals surface area contributed by atoms with Gasteiger partial charge in [-0.1, -0.05) is 47.1 Å². The molecule has 0 saturated carbocycles. The summed E-state index contributed by atoms with van der Waals surface area (Å²) in [5.74, 6) is 0.0432. The lowest BCUT2D eigenvalue weighted by atomic mass is 10.1. The van der Waals surface area contributed by atoms with Crippen LogP contribution < -0.4 is 5.32 Å². The van der Waals surface area contributed by atoms with E-state index in [1.165, 1.54) is 17.3 Å². The Hall–Kier alpha value is -2.38. The smallest absolute Gasteiger partial charge is 0.234 e. The number of hydrogen-bond donors (Lipinski definition) is 1. The largest absolute Gasteiger partial charge is 0.325 e. The standard InChI is InChI=1S/C18H18ClN5OS/c1-11-4-7-16(13(3)8-11)24-18(21-22-23-24)26-10-17(25)20-14-6-5-12(2)15(19)9-14/h4-9H,10H2,1-3H3,(H,20,25). The van der Waals surface area contributed by atoms with Crippen LogP contribution in [0.25, 0.3) is 5.69 Å². The molecular weight excluding hydrogens is 370 g/mol.